The third kappa shape index (κ3) is 2.49. The Kier molecular flexibility index (Phi) is 4.12. The topological polar surface area (TPSA) is 54.6 Å². The van der Waals surface area contributed by atoms with Crippen molar-refractivity contribution in [1.29, 1.82) is 5.41 Å². The molecule has 0 radical (unpaired) electrons. The molecule has 0 atom stereocenters. The molecular formula is C15H12Cl2N4S. The summed E-state index contributed by atoms with van der Waals surface area (Å²) < 4.78 is 1.71. The zero-order valence-corrected chi connectivity index (χ0v) is 14.2. The Morgan fingerprint density at radius 2 is 1.91 bits per heavy atom. The van der Waals surface area contributed by atoms with E-state index in [4.69, 9.17) is 28.6 Å². The summed E-state index contributed by atoms with van der Waals surface area (Å²) in [5.41, 5.74) is 2.32. The molecule has 0 saturated carbocycles. The summed E-state index contributed by atoms with van der Waals surface area (Å²) in [4.78, 5) is 8.75. The number of thioether (sulfide) groups is 1. The molecule has 2 heterocycles. The zero-order chi connectivity index (χ0) is 15.9. The molecule has 0 spiro atoms. The number of aryl methyl sites for hydroxylation is 1. The third-order valence-electron chi connectivity index (χ3n) is 3.40. The van der Waals surface area contributed by atoms with Gasteiger partial charge in [0.2, 0.25) is 0 Å². The van der Waals surface area contributed by atoms with Crippen LogP contribution in [0.3, 0.4) is 0 Å². The van der Waals surface area contributed by atoms with Crippen molar-refractivity contribution in [3.05, 3.63) is 46.0 Å². The molecule has 22 heavy (non-hydrogen) atoms. The van der Waals surface area contributed by atoms with Gasteiger partial charge in [-0.2, -0.15) is 0 Å². The highest BCUT2D eigenvalue weighted by Crippen LogP contribution is 2.33. The predicted octanol–water partition coefficient (Wildman–Crippen LogP) is 4.14. The minimum Gasteiger partial charge on any atom is -0.313 e. The van der Waals surface area contributed by atoms with Gasteiger partial charge in [0.25, 0.3) is 0 Å². The highest BCUT2D eigenvalue weighted by Gasteiger charge is 2.14. The highest BCUT2D eigenvalue weighted by molar-refractivity contribution is 7.98. The summed E-state index contributed by atoms with van der Waals surface area (Å²) in [6.07, 6.45) is 3.67. The van der Waals surface area contributed by atoms with Crippen LogP contribution in [0.4, 0.5) is 0 Å². The highest BCUT2D eigenvalue weighted by atomic mass is 35.5. The van der Waals surface area contributed by atoms with Crippen LogP contribution in [0.5, 0.6) is 0 Å². The van der Waals surface area contributed by atoms with Crippen molar-refractivity contribution >= 4 is 46.0 Å². The number of hydrogen-bond acceptors (Lipinski definition) is 4. The average Bonchev–Trinajstić information content (AvgIpc) is 2.51. The maximum atomic E-state index is 8.41. The summed E-state index contributed by atoms with van der Waals surface area (Å²) in [7, 11) is 1.80. The Morgan fingerprint density at radius 1 is 1.23 bits per heavy atom. The summed E-state index contributed by atoms with van der Waals surface area (Å²) >= 11 is 14.0. The fraction of sp³-hybridized carbons (Fsp3) is 0.133. The van der Waals surface area contributed by atoms with Gasteiger partial charge in [0.05, 0.1) is 10.0 Å². The van der Waals surface area contributed by atoms with E-state index in [1.165, 1.54) is 11.8 Å². The van der Waals surface area contributed by atoms with Gasteiger partial charge in [0, 0.05) is 29.8 Å². The minimum absolute atomic E-state index is 0.299. The molecule has 0 aliphatic carbocycles. The second-order valence-electron chi connectivity index (χ2n) is 4.70. The van der Waals surface area contributed by atoms with Crippen molar-refractivity contribution in [2.45, 2.75) is 5.16 Å². The lowest BCUT2D eigenvalue weighted by atomic mass is 10.1. The van der Waals surface area contributed by atoms with Crippen molar-refractivity contribution in [1.82, 2.24) is 14.5 Å². The van der Waals surface area contributed by atoms with Gasteiger partial charge < -0.3 is 4.57 Å². The van der Waals surface area contributed by atoms with E-state index in [-0.39, 0.29) is 0 Å². The number of nitrogens with zero attached hydrogens (tertiary/aromatic N) is 3. The van der Waals surface area contributed by atoms with Crippen LogP contribution in [0.25, 0.3) is 22.2 Å². The van der Waals surface area contributed by atoms with Crippen LogP contribution < -0.4 is 5.49 Å². The lowest BCUT2D eigenvalue weighted by molar-refractivity contribution is 0.826. The molecule has 1 N–H and O–H groups in total. The van der Waals surface area contributed by atoms with Crippen LogP contribution in [0, 0.1) is 5.41 Å². The molecule has 2 aromatic heterocycles. The van der Waals surface area contributed by atoms with Gasteiger partial charge in [-0.25, -0.2) is 9.97 Å². The van der Waals surface area contributed by atoms with E-state index in [2.05, 4.69) is 9.97 Å². The normalized spacial score (nSPS) is 11.1. The van der Waals surface area contributed by atoms with Gasteiger partial charge in [-0.1, -0.05) is 41.0 Å². The number of fused-ring (bicyclic) bond motifs is 1. The summed E-state index contributed by atoms with van der Waals surface area (Å²) in [6, 6.07) is 7.17. The number of halogens is 2. The van der Waals surface area contributed by atoms with Gasteiger partial charge in [-0.3, -0.25) is 5.41 Å². The number of pyridine rings is 1. The van der Waals surface area contributed by atoms with E-state index in [0.717, 1.165) is 5.39 Å². The fourth-order valence-corrected chi connectivity index (χ4v) is 3.23. The first-order chi connectivity index (χ1) is 10.5. The van der Waals surface area contributed by atoms with E-state index in [0.29, 0.717) is 37.5 Å². The standard InChI is InChI=1S/C15H12Cl2N4S/c1-21-13(18)9(12-10(16)4-3-5-11(12)17)6-8-7-19-15(22-2)20-14(8)21/h3-7,18H,1-2H3. The molecule has 0 aliphatic rings. The van der Waals surface area contributed by atoms with Crippen molar-refractivity contribution in [2.75, 3.05) is 6.26 Å². The molecule has 0 aliphatic heterocycles. The van der Waals surface area contributed by atoms with E-state index in [1.54, 1.807) is 36.0 Å². The molecule has 0 unspecified atom stereocenters. The minimum atomic E-state index is 0.299. The summed E-state index contributed by atoms with van der Waals surface area (Å²) in [6.45, 7) is 0. The summed E-state index contributed by atoms with van der Waals surface area (Å²) in [5.74, 6) is 0. The largest absolute Gasteiger partial charge is 0.313 e. The fourth-order valence-electron chi connectivity index (χ4n) is 2.29. The first-order valence-electron chi connectivity index (χ1n) is 6.42. The predicted molar refractivity (Wildman–Crippen MR) is 91.6 cm³/mol. The Labute approximate surface area is 141 Å². The summed E-state index contributed by atoms with van der Waals surface area (Å²) in [5, 5.41) is 11.0. The van der Waals surface area contributed by atoms with Crippen LogP contribution in [0.2, 0.25) is 10.0 Å². The number of benzene rings is 1. The Morgan fingerprint density at radius 3 is 2.55 bits per heavy atom. The molecule has 1 aromatic carbocycles. The Bertz CT molecular complexity index is 916. The molecule has 4 nitrogen and oxygen atoms in total. The molecule has 0 bridgehead atoms. The maximum Gasteiger partial charge on any atom is 0.189 e. The molecule has 3 aromatic rings. The SMILES string of the molecule is CSc1ncc2cc(-c3c(Cl)cccc3Cl)c(=N)n(C)c2n1. The molecule has 3 rings (SSSR count). The first kappa shape index (κ1) is 15.3. The van der Waals surface area contributed by atoms with E-state index in [9.17, 15) is 0 Å². The number of hydrogen-bond donors (Lipinski definition) is 1. The van der Waals surface area contributed by atoms with E-state index < -0.39 is 0 Å². The molecular weight excluding hydrogens is 339 g/mol. The van der Waals surface area contributed by atoms with Crippen LogP contribution in [0.1, 0.15) is 0 Å². The van der Waals surface area contributed by atoms with Gasteiger partial charge in [0.1, 0.15) is 11.1 Å². The molecule has 7 heteroatoms. The van der Waals surface area contributed by atoms with Crippen molar-refractivity contribution in [3.8, 4) is 11.1 Å². The third-order valence-corrected chi connectivity index (χ3v) is 4.59. The lowest BCUT2D eigenvalue weighted by Gasteiger charge is -2.12. The molecule has 0 saturated heterocycles. The smallest absolute Gasteiger partial charge is 0.189 e. The van der Waals surface area contributed by atoms with Crippen molar-refractivity contribution in [3.63, 3.8) is 0 Å². The quantitative estimate of drug-likeness (QED) is 0.558. The second-order valence-corrected chi connectivity index (χ2v) is 6.29. The zero-order valence-electron chi connectivity index (χ0n) is 11.9. The van der Waals surface area contributed by atoms with Gasteiger partial charge in [0.15, 0.2) is 5.16 Å². The molecule has 0 amide bonds. The van der Waals surface area contributed by atoms with Crippen molar-refractivity contribution < 1.29 is 0 Å². The average molecular weight is 351 g/mol. The van der Waals surface area contributed by atoms with E-state index in [1.807, 2.05) is 12.3 Å². The Hall–Kier alpha value is -1.56. The van der Waals surface area contributed by atoms with Crippen LogP contribution >= 0.6 is 35.0 Å². The number of nitrogens with one attached hydrogen (secondary N) is 1. The van der Waals surface area contributed by atoms with Crippen LogP contribution in [-0.2, 0) is 7.05 Å². The Balaban J connectivity index is 2.38. The van der Waals surface area contributed by atoms with Gasteiger partial charge >= 0.3 is 0 Å². The van der Waals surface area contributed by atoms with Crippen molar-refractivity contribution in [2.24, 2.45) is 7.05 Å². The number of aromatic nitrogens is 3. The van der Waals surface area contributed by atoms with Crippen LogP contribution in [-0.4, -0.2) is 20.8 Å². The first-order valence-corrected chi connectivity index (χ1v) is 8.40. The van der Waals surface area contributed by atoms with E-state index >= 15 is 0 Å². The molecule has 0 fully saturated rings. The maximum absolute atomic E-state index is 8.41. The van der Waals surface area contributed by atoms with Crippen LogP contribution in [0.15, 0.2) is 35.6 Å². The van der Waals surface area contributed by atoms with Gasteiger partial charge in [-0.15, -0.1) is 0 Å². The second kappa shape index (κ2) is 5.91. The van der Waals surface area contributed by atoms with Gasteiger partial charge in [-0.05, 0) is 24.5 Å². The monoisotopic (exact) mass is 350 g/mol. The number of rotatable bonds is 2. The lowest BCUT2D eigenvalue weighted by Crippen LogP contribution is -2.20. The molecule has 112 valence electrons.